The summed E-state index contributed by atoms with van der Waals surface area (Å²) in [5.74, 6) is 0.437. The number of benzene rings is 1. The molecule has 19 heavy (non-hydrogen) atoms. The number of aliphatic hydroxyl groups is 1. The highest BCUT2D eigenvalue weighted by atomic mass is 79.9. The van der Waals surface area contributed by atoms with Crippen LogP contribution in [-0.4, -0.2) is 23.2 Å². The lowest BCUT2D eigenvalue weighted by atomic mass is 10.0. The first-order valence-electron chi connectivity index (χ1n) is 6.21. The Labute approximate surface area is 122 Å². The van der Waals surface area contributed by atoms with Crippen LogP contribution in [0.25, 0.3) is 0 Å². The van der Waals surface area contributed by atoms with Crippen molar-refractivity contribution in [2.45, 2.75) is 39.3 Å². The summed E-state index contributed by atoms with van der Waals surface area (Å²) in [6, 6.07) is 5.26. The van der Waals surface area contributed by atoms with Gasteiger partial charge in [-0.1, -0.05) is 13.0 Å². The summed E-state index contributed by atoms with van der Waals surface area (Å²) in [4.78, 5) is 11.7. The van der Waals surface area contributed by atoms with Crippen LogP contribution in [0, 0.1) is 0 Å². The molecule has 106 valence electrons. The predicted octanol–water partition coefficient (Wildman–Crippen LogP) is 2.63. The van der Waals surface area contributed by atoms with Crippen LogP contribution in [0.15, 0.2) is 22.7 Å². The Morgan fingerprint density at radius 1 is 1.47 bits per heavy atom. The van der Waals surface area contributed by atoms with Gasteiger partial charge in [0, 0.05) is 5.54 Å². The highest BCUT2D eigenvalue weighted by Gasteiger charge is 2.18. The quantitative estimate of drug-likeness (QED) is 0.843. The molecule has 0 spiro atoms. The molecule has 2 N–H and O–H groups in total. The number of aliphatic hydroxyl groups excluding tert-OH is 1. The van der Waals surface area contributed by atoms with E-state index in [-0.39, 0.29) is 24.7 Å². The second-order valence-corrected chi connectivity index (χ2v) is 5.85. The monoisotopic (exact) mass is 329 g/mol. The summed E-state index contributed by atoms with van der Waals surface area (Å²) < 4.78 is 6.17. The van der Waals surface area contributed by atoms with Gasteiger partial charge >= 0.3 is 0 Å². The van der Waals surface area contributed by atoms with E-state index in [1.807, 2.05) is 20.8 Å². The summed E-state index contributed by atoms with van der Waals surface area (Å²) in [5.41, 5.74) is 0.564. The number of halogens is 1. The number of nitrogens with one attached hydrogen (secondary N) is 1. The second kappa shape index (κ2) is 6.91. The number of rotatable bonds is 6. The molecule has 1 amide bonds. The van der Waals surface area contributed by atoms with E-state index >= 15 is 0 Å². The van der Waals surface area contributed by atoms with Crippen molar-refractivity contribution >= 4 is 21.8 Å². The molecule has 0 saturated heterocycles. The zero-order chi connectivity index (χ0) is 14.5. The molecule has 4 nitrogen and oxygen atoms in total. The molecular formula is C14H20BrNO3. The molecule has 0 heterocycles. The number of hydrogen-bond donors (Lipinski definition) is 2. The maximum Gasteiger partial charge on any atom is 0.258 e. The van der Waals surface area contributed by atoms with Crippen LogP contribution in [0.4, 0.5) is 0 Å². The second-order valence-electron chi connectivity index (χ2n) is 5.00. The third-order valence-corrected chi connectivity index (χ3v) is 3.52. The molecule has 0 unspecified atom stereocenters. The molecular weight excluding hydrogens is 310 g/mol. The van der Waals surface area contributed by atoms with Gasteiger partial charge in [-0.15, -0.1) is 0 Å². The Bertz CT molecular complexity index is 446. The van der Waals surface area contributed by atoms with Gasteiger partial charge in [0.1, 0.15) is 5.75 Å². The van der Waals surface area contributed by atoms with E-state index in [0.717, 1.165) is 16.5 Å². The van der Waals surface area contributed by atoms with Crippen LogP contribution < -0.4 is 10.1 Å². The molecule has 5 heteroatoms. The lowest BCUT2D eigenvalue weighted by Gasteiger charge is -2.24. The lowest BCUT2D eigenvalue weighted by Crippen LogP contribution is -2.44. The smallest absolute Gasteiger partial charge is 0.258 e. The van der Waals surface area contributed by atoms with E-state index in [2.05, 4.69) is 21.2 Å². The zero-order valence-electron chi connectivity index (χ0n) is 11.5. The van der Waals surface area contributed by atoms with E-state index in [1.54, 1.807) is 18.2 Å². The van der Waals surface area contributed by atoms with Crippen molar-refractivity contribution < 1.29 is 14.6 Å². The number of hydrogen-bond acceptors (Lipinski definition) is 3. The molecule has 1 aromatic rings. The molecule has 1 rings (SSSR count). The summed E-state index contributed by atoms with van der Waals surface area (Å²) >= 11 is 3.35. The van der Waals surface area contributed by atoms with Gasteiger partial charge in [0.25, 0.3) is 5.91 Å². The van der Waals surface area contributed by atoms with Gasteiger partial charge in [0.15, 0.2) is 6.61 Å². The highest BCUT2D eigenvalue weighted by molar-refractivity contribution is 9.10. The Hall–Kier alpha value is -1.07. The molecule has 0 saturated carbocycles. The maximum absolute atomic E-state index is 11.7. The topological polar surface area (TPSA) is 58.6 Å². The van der Waals surface area contributed by atoms with Gasteiger partial charge in [-0.25, -0.2) is 0 Å². The van der Waals surface area contributed by atoms with Crippen molar-refractivity contribution in [2.24, 2.45) is 0 Å². The number of carbonyl (C=O) groups is 1. The number of ether oxygens (including phenoxy) is 1. The molecule has 0 aromatic heterocycles. The normalized spacial score (nSPS) is 11.2. The molecule has 0 aliphatic carbocycles. The largest absolute Gasteiger partial charge is 0.483 e. The molecule has 1 aromatic carbocycles. The van der Waals surface area contributed by atoms with Gasteiger partial charge in [0.05, 0.1) is 11.1 Å². The number of carbonyl (C=O) groups excluding carboxylic acids is 1. The number of amides is 1. The van der Waals surface area contributed by atoms with Crippen molar-refractivity contribution in [1.29, 1.82) is 0 Å². The first-order chi connectivity index (χ1) is 8.88. The van der Waals surface area contributed by atoms with Crippen LogP contribution in [0.5, 0.6) is 5.75 Å². The maximum atomic E-state index is 11.7. The minimum atomic E-state index is -0.224. The van der Waals surface area contributed by atoms with Gasteiger partial charge in [-0.05, 0) is 53.9 Å². The Kier molecular flexibility index (Phi) is 5.82. The Morgan fingerprint density at radius 3 is 2.68 bits per heavy atom. The highest BCUT2D eigenvalue weighted by Crippen LogP contribution is 2.26. The SMILES string of the molecule is CCC(C)(C)NC(=O)COc1ccc(CO)cc1Br. The fraction of sp³-hybridized carbons (Fsp3) is 0.500. The molecule has 0 aliphatic rings. The average Bonchev–Trinajstić information content (AvgIpc) is 2.36. The van der Waals surface area contributed by atoms with Crippen molar-refractivity contribution in [3.8, 4) is 5.75 Å². The van der Waals surface area contributed by atoms with Gasteiger partial charge in [-0.2, -0.15) is 0 Å². The van der Waals surface area contributed by atoms with Gasteiger partial charge in [0.2, 0.25) is 0 Å². The fourth-order valence-corrected chi connectivity index (χ4v) is 1.95. The van der Waals surface area contributed by atoms with E-state index < -0.39 is 0 Å². The van der Waals surface area contributed by atoms with E-state index in [9.17, 15) is 4.79 Å². The van der Waals surface area contributed by atoms with Crippen molar-refractivity contribution in [3.05, 3.63) is 28.2 Å². The van der Waals surface area contributed by atoms with E-state index in [0.29, 0.717) is 5.75 Å². The summed E-state index contributed by atoms with van der Waals surface area (Å²) in [6.07, 6.45) is 0.855. The van der Waals surface area contributed by atoms with Crippen LogP contribution in [-0.2, 0) is 11.4 Å². The molecule has 0 radical (unpaired) electrons. The zero-order valence-corrected chi connectivity index (χ0v) is 13.1. The minimum Gasteiger partial charge on any atom is -0.483 e. The van der Waals surface area contributed by atoms with E-state index in [1.165, 1.54) is 0 Å². The third kappa shape index (κ3) is 5.20. The summed E-state index contributed by atoms with van der Waals surface area (Å²) in [7, 11) is 0. The lowest BCUT2D eigenvalue weighted by molar-refractivity contribution is -0.124. The molecule has 0 aliphatic heterocycles. The first kappa shape index (κ1) is 16.0. The third-order valence-electron chi connectivity index (χ3n) is 2.90. The standard InChI is InChI=1S/C14H20BrNO3/c1-4-14(2,3)16-13(18)9-19-12-6-5-10(8-17)7-11(12)15/h5-7,17H,4,8-9H2,1-3H3,(H,16,18). The van der Waals surface area contributed by atoms with E-state index in [4.69, 9.17) is 9.84 Å². The van der Waals surface area contributed by atoms with Gasteiger partial charge in [-0.3, -0.25) is 4.79 Å². The fourth-order valence-electron chi connectivity index (χ4n) is 1.40. The van der Waals surface area contributed by atoms with Crippen LogP contribution >= 0.6 is 15.9 Å². The average molecular weight is 330 g/mol. The summed E-state index contributed by atoms with van der Waals surface area (Å²) in [5, 5.41) is 11.9. The van der Waals surface area contributed by atoms with Gasteiger partial charge < -0.3 is 15.2 Å². The van der Waals surface area contributed by atoms with Crippen molar-refractivity contribution in [1.82, 2.24) is 5.32 Å². The molecule has 0 atom stereocenters. The molecule has 0 fully saturated rings. The van der Waals surface area contributed by atoms with Crippen LogP contribution in [0.3, 0.4) is 0 Å². The molecule has 0 bridgehead atoms. The Balaban J connectivity index is 2.55. The van der Waals surface area contributed by atoms with Crippen LogP contribution in [0.2, 0.25) is 0 Å². The summed E-state index contributed by atoms with van der Waals surface area (Å²) in [6.45, 7) is 5.91. The first-order valence-corrected chi connectivity index (χ1v) is 7.00. The van der Waals surface area contributed by atoms with Crippen molar-refractivity contribution in [3.63, 3.8) is 0 Å². The van der Waals surface area contributed by atoms with Crippen LogP contribution in [0.1, 0.15) is 32.8 Å². The van der Waals surface area contributed by atoms with Crippen molar-refractivity contribution in [2.75, 3.05) is 6.61 Å². The Morgan fingerprint density at radius 2 is 2.16 bits per heavy atom. The predicted molar refractivity (Wildman–Crippen MR) is 78.1 cm³/mol. The minimum absolute atomic E-state index is 0.0238.